The number of aliphatic hydroxyl groups is 1. The Balaban J connectivity index is 0.000000968. The van der Waals surface area contributed by atoms with E-state index in [2.05, 4.69) is 44.9 Å². The average molecular weight is 666 g/mol. The molecule has 2 aliphatic rings. The summed E-state index contributed by atoms with van der Waals surface area (Å²) >= 11 is 0. The molecule has 5 rings (SSSR count). The number of aromatic hydroxyl groups is 1. The van der Waals surface area contributed by atoms with Crippen LogP contribution in [-0.4, -0.2) is 99.9 Å². The molecule has 48 heavy (non-hydrogen) atoms. The van der Waals surface area contributed by atoms with E-state index < -0.39 is 12.6 Å². The van der Waals surface area contributed by atoms with Crippen molar-refractivity contribution in [3.8, 4) is 22.6 Å². The number of carboxylic acids is 1. The second-order valence-corrected chi connectivity index (χ2v) is 11.9. The number of phenolic OH excluding ortho intramolecular Hbond substituents is 1. The number of aryl methyl sites for hydroxylation is 1. The molecular weight excluding hydrogens is 618 g/mol. The van der Waals surface area contributed by atoms with E-state index in [1.54, 1.807) is 10.7 Å². The summed E-state index contributed by atoms with van der Waals surface area (Å²) in [5.74, 6) is -0.776. The molecule has 2 heterocycles. The van der Waals surface area contributed by atoms with E-state index in [1.807, 2.05) is 25.5 Å². The molecule has 1 aliphatic carbocycles. The predicted octanol–water partition coefficient (Wildman–Crippen LogP) is 3.13. The van der Waals surface area contributed by atoms with Gasteiger partial charge in [-0.3, -0.25) is 14.3 Å². The van der Waals surface area contributed by atoms with Gasteiger partial charge in [-0.1, -0.05) is 49.6 Å². The second-order valence-electron chi connectivity index (χ2n) is 11.9. The van der Waals surface area contributed by atoms with Crippen LogP contribution in [0, 0.1) is 0 Å². The number of hydrogen-bond acceptors (Lipinski definition) is 9. The van der Waals surface area contributed by atoms with Gasteiger partial charge in [-0.25, -0.2) is 4.79 Å². The Hall–Kier alpha value is -4.46. The second kappa shape index (κ2) is 18.8. The maximum Gasteiger partial charge on any atom is 0.329 e. The number of nitrogens with zero attached hydrogens (tertiary/aromatic N) is 3. The van der Waals surface area contributed by atoms with E-state index in [1.165, 1.54) is 24.8 Å². The molecule has 13 heteroatoms. The highest BCUT2D eigenvalue weighted by atomic mass is 16.5. The number of aliphatic carboxylic acids is 1. The van der Waals surface area contributed by atoms with Gasteiger partial charge in [0.1, 0.15) is 18.0 Å². The number of nitrogens with one attached hydrogen (secondary N) is 2. The van der Waals surface area contributed by atoms with Crippen LogP contribution in [0.4, 0.5) is 5.69 Å². The van der Waals surface area contributed by atoms with Gasteiger partial charge in [0.05, 0.1) is 25.8 Å². The van der Waals surface area contributed by atoms with E-state index >= 15 is 0 Å². The SMILES string of the molecule is Cn1cc(-c2ccc(CCOCCC(=O)N(CCNCCc3ccc(O)c4c3OCC(=O)N4)C3CCCCC3)cc2)cn1.O=C(O)CO. The van der Waals surface area contributed by atoms with Gasteiger partial charge in [-0.15, -0.1) is 0 Å². The molecule has 13 nitrogen and oxygen atoms in total. The summed E-state index contributed by atoms with van der Waals surface area (Å²) in [4.78, 5) is 36.1. The predicted molar refractivity (Wildman–Crippen MR) is 180 cm³/mol. The van der Waals surface area contributed by atoms with Crippen molar-refractivity contribution >= 4 is 23.5 Å². The van der Waals surface area contributed by atoms with Crippen LogP contribution >= 0.6 is 0 Å². The standard InChI is InChI=1S/C33H43N5O5.C2H4O3/c1-37-22-27(21-35-37)25-9-7-24(8-10-25)14-19-42-20-15-31(41)38(28-5-3-2-4-6-28)18-17-34-16-13-26-11-12-29(39)32-33(26)43-23-30(40)36-32;3-1-2(4)5/h7-12,21-22,28,34,39H,2-6,13-20,23H2,1H3,(H,36,40);3H,1H2,(H,4,5). The number of phenols is 1. The summed E-state index contributed by atoms with van der Waals surface area (Å²) in [5.41, 5.74) is 4.70. The molecule has 2 aromatic carbocycles. The molecule has 0 atom stereocenters. The molecule has 0 unspecified atom stereocenters. The molecule has 0 spiro atoms. The highest BCUT2D eigenvalue weighted by Crippen LogP contribution is 2.39. The van der Waals surface area contributed by atoms with Crippen molar-refractivity contribution in [2.24, 2.45) is 7.05 Å². The summed E-state index contributed by atoms with van der Waals surface area (Å²) < 4.78 is 13.3. The zero-order valence-electron chi connectivity index (χ0n) is 27.5. The monoisotopic (exact) mass is 665 g/mol. The van der Waals surface area contributed by atoms with Gasteiger partial charge in [0.2, 0.25) is 5.91 Å². The Kier molecular flexibility index (Phi) is 14.2. The minimum Gasteiger partial charge on any atom is -0.506 e. The summed E-state index contributed by atoms with van der Waals surface area (Å²) in [6, 6.07) is 12.2. The smallest absolute Gasteiger partial charge is 0.329 e. The number of anilines is 1. The third kappa shape index (κ3) is 11.1. The van der Waals surface area contributed by atoms with Crippen molar-refractivity contribution < 1.29 is 39.2 Å². The van der Waals surface area contributed by atoms with Crippen LogP contribution in [-0.2, 0) is 39.0 Å². The van der Waals surface area contributed by atoms with Crippen LogP contribution in [0.3, 0.4) is 0 Å². The number of carboxylic acid groups (broad SMARTS) is 1. The van der Waals surface area contributed by atoms with Crippen LogP contribution in [0.15, 0.2) is 48.8 Å². The summed E-state index contributed by atoms with van der Waals surface area (Å²) in [6.07, 6.45) is 11.4. The molecule has 2 amide bonds. The zero-order valence-corrected chi connectivity index (χ0v) is 27.5. The Morgan fingerprint density at radius 1 is 1.06 bits per heavy atom. The number of aliphatic hydroxyl groups excluding tert-OH is 1. The lowest BCUT2D eigenvalue weighted by molar-refractivity contribution is -0.140. The van der Waals surface area contributed by atoms with E-state index in [0.29, 0.717) is 63.2 Å². The highest BCUT2D eigenvalue weighted by molar-refractivity contribution is 5.97. The first-order valence-corrected chi connectivity index (χ1v) is 16.5. The van der Waals surface area contributed by atoms with Crippen LogP contribution in [0.1, 0.15) is 49.7 Å². The lowest BCUT2D eigenvalue weighted by Gasteiger charge is -2.34. The minimum absolute atomic E-state index is 0.000764. The number of fused-ring (bicyclic) bond motifs is 1. The number of ether oxygens (including phenoxy) is 2. The normalized spacial score (nSPS) is 14.2. The fourth-order valence-electron chi connectivity index (χ4n) is 5.89. The maximum absolute atomic E-state index is 13.3. The molecule has 1 aliphatic heterocycles. The summed E-state index contributed by atoms with van der Waals surface area (Å²) in [6.45, 7) is 2.21. The Bertz CT molecular complexity index is 1490. The fraction of sp³-hybridized carbons (Fsp3) is 0.486. The lowest BCUT2D eigenvalue weighted by atomic mass is 9.94. The molecule has 0 radical (unpaired) electrons. The zero-order chi connectivity index (χ0) is 34.3. The van der Waals surface area contributed by atoms with E-state index in [9.17, 15) is 14.7 Å². The number of benzene rings is 2. The molecule has 3 aromatic rings. The first kappa shape index (κ1) is 36.4. The van der Waals surface area contributed by atoms with E-state index in [4.69, 9.17) is 24.5 Å². The number of carbonyl (C=O) groups excluding carboxylic acids is 2. The van der Waals surface area contributed by atoms with Gasteiger partial charge in [0.15, 0.2) is 12.4 Å². The molecule has 5 N–H and O–H groups in total. The third-order valence-corrected chi connectivity index (χ3v) is 8.39. The van der Waals surface area contributed by atoms with Crippen LogP contribution in [0.5, 0.6) is 11.5 Å². The van der Waals surface area contributed by atoms with Gasteiger partial charge in [0, 0.05) is 37.9 Å². The van der Waals surface area contributed by atoms with Crippen molar-refractivity contribution in [3.63, 3.8) is 0 Å². The van der Waals surface area contributed by atoms with Crippen molar-refractivity contribution in [2.45, 2.75) is 57.4 Å². The topological polar surface area (TPSA) is 175 Å². The molecule has 0 bridgehead atoms. The van der Waals surface area contributed by atoms with Crippen LogP contribution < -0.4 is 15.4 Å². The lowest BCUT2D eigenvalue weighted by Crippen LogP contribution is -2.45. The maximum atomic E-state index is 13.3. The fourth-order valence-corrected chi connectivity index (χ4v) is 5.89. The molecule has 0 saturated heterocycles. The van der Waals surface area contributed by atoms with Crippen LogP contribution in [0.2, 0.25) is 0 Å². The Morgan fingerprint density at radius 2 is 1.81 bits per heavy atom. The highest BCUT2D eigenvalue weighted by Gasteiger charge is 2.25. The van der Waals surface area contributed by atoms with Gasteiger partial charge >= 0.3 is 5.97 Å². The average Bonchev–Trinajstić information content (AvgIpc) is 3.54. The van der Waals surface area contributed by atoms with E-state index in [-0.39, 0.29) is 24.2 Å². The van der Waals surface area contributed by atoms with Gasteiger partial charge in [-0.2, -0.15) is 5.10 Å². The third-order valence-electron chi connectivity index (χ3n) is 8.39. The van der Waals surface area contributed by atoms with Crippen molar-refractivity contribution in [1.82, 2.24) is 20.0 Å². The molecule has 260 valence electrons. The molecule has 1 saturated carbocycles. The van der Waals surface area contributed by atoms with Gasteiger partial charge < -0.3 is 40.3 Å². The van der Waals surface area contributed by atoms with Crippen LogP contribution in [0.25, 0.3) is 11.1 Å². The quantitative estimate of drug-likeness (QED) is 0.120. The number of rotatable bonds is 15. The van der Waals surface area contributed by atoms with E-state index in [0.717, 1.165) is 36.0 Å². The Morgan fingerprint density at radius 3 is 2.50 bits per heavy atom. The number of amides is 2. The number of aromatic nitrogens is 2. The molecular formula is C35H47N5O8. The van der Waals surface area contributed by atoms with Crippen molar-refractivity contribution in [3.05, 3.63) is 59.9 Å². The van der Waals surface area contributed by atoms with Crippen molar-refractivity contribution in [2.75, 3.05) is 51.4 Å². The summed E-state index contributed by atoms with van der Waals surface area (Å²) in [7, 11) is 1.91. The first-order valence-electron chi connectivity index (χ1n) is 16.5. The largest absolute Gasteiger partial charge is 0.506 e. The molecule has 1 aromatic heterocycles. The van der Waals surface area contributed by atoms with Crippen molar-refractivity contribution in [1.29, 1.82) is 0 Å². The van der Waals surface area contributed by atoms with Gasteiger partial charge in [0.25, 0.3) is 5.91 Å². The number of carbonyl (C=O) groups is 3. The minimum atomic E-state index is -1.19. The number of hydrogen-bond donors (Lipinski definition) is 5. The van der Waals surface area contributed by atoms with Gasteiger partial charge in [-0.05, 0) is 55.0 Å². The first-order chi connectivity index (χ1) is 23.2. The Labute approximate surface area is 280 Å². The molecule has 1 fully saturated rings. The summed E-state index contributed by atoms with van der Waals surface area (Å²) in [5, 5.41) is 35.5.